The van der Waals surface area contributed by atoms with Gasteiger partial charge in [0.15, 0.2) is 6.29 Å². The molecule has 0 spiro atoms. The number of hydrogen-bond donors (Lipinski definition) is 2. The average molecular weight is 616 g/mol. The van der Waals surface area contributed by atoms with Crippen molar-refractivity contribution in [2.45, 2.75) is 43.5 Å². The van der Waals surface area contributed by atoms with Crippen LogP contribution in [0.1, 0.15) is 51.9 Å². The lowest BCUT2D eigenvalue weighted by atomic mass is 9.91. The van der Waals surface area contributed by atoms with Crippen molar-refractivity contribution in [3.05, 3.63) is 161 Å². The van der Waals surface area contributed by atoms with Gasteiger partial charge in [-0.05, 0) is 64.2 Å². The summed E-state index contributed by atoms with van der Waals surface area (Å²) in [7, 11) is 0. The van der Waals surface area contributed by atoms with Crippen LogP contribution < -0.4 is 5.32 Å². The van der Waals surface area contributed by atoms with Crippen molar-refractivity contribution >= 4 is 17.7 Å². The Morgan fingerprint density at radius 2 is 1.42 bits per heavy atom. The zero-order valence-electron chi connectivity index (χ0n) is 25.2. The third-order valence-electron chi connectivity index (χ3n) is 8.19. The van der Waals surface area contributed by atoms with E-state index < -0.39 is 6.29 Å². The summed E-state index contributed by atoms with van der Waals surface area (Å²) in [5.41, 5.74) is 6.67. The fourth-order valence-corrected chi connectivity index (χ4v) is 6.69. The lowest BCUT2D eigenvalue weighted by Crippen LogP contribution is -2.38. The first kappa shape index (κ1) is 30.8. The van der Waals surface area contributed by atoms with E-state index in [4.69, 9.17) is 9.47 Å². The summed E-state index contributed by atoms with van der Waals surface area (Å²) in [6.45, 7) is 2.64. The van der Waals surface area contributed by atoms with E-state index >= 15 is 0 Å². The molecule has 0 unspecified atom stereocenters. The number of benzene rings is 5. The Hall–Kier alpha value is -4.20. The SMILES string of the molecule is C[C@H]1[C@@H](CSc2ccccc2)O[C@@H](c2cccc(-c3cccc(CNC(=O)c4ccccc4)c3)c2)O[C@H]1c1ccc(CO)cc1. The van der Waals surface area contributed by atoms with E-state index in [2.05, 4.69) is 79.0 Å². The van der Waals surface area contributed by atoms with Crippen LogP contribution in [0.4, 0.5) is 0 Å². The molecule has 4 atom stereocenters. The van der Waals surface area contributed by atoms with Gasteiger partial charge in [0.05, 0.1) is 18.8 Å². The number of hydrogen-bond acceptors (Lipinski definition) is 5. The van der Waals surface area contributed by atoms with Gasteiger partial charge in [-0.25, -0.2) is 0 Å². The van der Waals surface area contributed by atoms with E-state index in [1.54, 1.807) is 11.8 Å². The molecular weight excluding hydrogens is 578 g/mol. The first-order valence-electron chi connectivity index (χ1n) is 15.3. The van der Waals surface area contributed by atoms with Crippen molar-refractivity contribution in [1.29, 1.82) is 0 Å². The Bertz CT molecular complexity index is 1690. The van der Waals surface area contributed by atoms with Crippen LogP contribution in [0.2, 0.25) is 0 Å². The number of ether oxygens (including phenoxy) is 2. The number of amides is 1. The summed E-state index contributed by atoms with van der Waals surface area (Å²) in [6, 6.07) is 44.2. The van der Waals surface area contributed by atoms with E-state index in [1.807, 2.05) is 66.7 Å². The van der Waals surface area contributed by atoms with Crippen molar-refractivity contribution in [1.82, 2.24) is 5.32 Å². The van der Waals surface area contributed by atoms with Crippen LogP contribution in [0.3, 0.4) is 0 Å². The second-order valence-electron chi connectivity index (χ2n) is 11.3. The molecule has 0 aromatic heterocycles. The topological polar surface area (TPSA) is 67.8 Å². The monoisotopic (exact) mass is 615 g/mol. The van der Waals surface area contributed by atoms with Crippen LogP contribution in [0.25, 0.3) is 11.1 Å². The number of aliphatic hydroxyl groups is 1. The quantitative estimate of drug-likeness (QED) is 0.155. The Labute approximate surface area is 269 Å². The molecule has 6 heteroatoms. The van der Waals surface area contributed by atoms with Gasteiger partial charge < -0.3 is 19.9 Å². The molecule has 1 heterocycles. The molecule has 0 bridgehead atoms. The molecule has 1 aliphatic heterocycles. The first-order valence-corrected chi connectivity index (χ1v) is 16.3. The van der Waals surface area contributed by atoms with Gasteiger partial charge in [0.1, 0.15) is 0 Å². The van der Waals surface area contributed by atoms with Crippen LogP contribution in [-0.2, 0) is 22.6 Å². The van der Waals surface area contributed by atoms with E-state index in [0.29, 0.717) is 12.1 Å². The number of thioether (sulfide) groups is 1. The highest BCUT2D eigenvalue weighted by Crippen LogP contribution is 2.43. The van der Waals surface area contributed by atoms with Crippen molar-refractivity contribution in [3.63, 3.8) is 0 Å². The number of aliphatic hydroxyl groups excluding tert-OH is 1. The minimum atomic E-state index is -0.543. The number of carbonyl (C=O) groups is 1. The zero-order chi connectivity index (χ0) is 31.0. The van der Waals surface area contributed by atoms with Crippen molar-refractivity contribution < 1.29 is 19.4 Å². The Balaban J connectivity index is 1.22. The number of carbonyl (C=O) groups excluding carboxylic acids is 1. The maximum atomic E-state index is 12.6. The lowest BCUT2D eigenvalue weighted by molar-refractivity contribution is -0.268. The van der Waals surface area contributed by atoms with Gasteiger partial charge in [-0.1, -0.05) is 104 Å². The van der Waals surface area contributed by atoms with Gasteiger partial charge >= 0.3 is 0 Å². The summed E-state index contributed by atoms with van der Waals surface area (Å²) in [6.07, 6.45) is -0.756. The molecule has 1 saturated heterocycles. The molecule has 0 radical (unpaired) electrons. The molecule has 0 aliphatic carbocycles. The lowest BCUT2D eigenvalue weighted by Gasteiger charge is -2.41. The van der Waals surface area contributed by atoms with E-state index in [9.17, 15) is 9.90 Å². The Kier molecular flexibility index (Phi) is 10.1. The van der Waals surface area contributed by atoms with Crippen LogP contribution in [0.5, 0.6) is 0 Å². The minimum absolute atomic E-state index is 0.0107. The third-order valence-corrected chi connectivity index (χ3v) is 9.29. The molecule has 228 valence electrons. The highest BCUT2D eigenvalue weighted by Gasteiger charge is 2.38. The first-order chi connectivity index (χ1) is 22.1. The molecule has 0 saturated carbocycles. The van der Waals surface area contributed by atoms with Crippen molar-refractivity contribution in [2.75, 3.05) is 5.75 Å². The van der Waals surface area contributed by atoms with Gasteiger partial charge in [0.25, 0.3) is 5.91 Å². The number of rotatable bonds is 10. The molecule has 5 aromatic carbocycles. The normalized spacial score (nSPS) is 19.6. The third kappa shape index (κ3) is 7.72. The van der Waals surface area contributed by atoms with E-state index in [-0.39, 0.29) is 30.6 Å². The fourth-order valence-electron chi connectivity index (χ4n) is 5.60. The Morgan fingerprint density at radius 3 is 2.16 bits per heavy atom. The van der Waals surface area contributed by atoms with Crippen LogP contribution in [-0.4, -0.2) is 22.9 Å². The van der Waals surface area contributed by atoms with Gasteiger partial charge in [0, 0.05) is 34.2 Å². The van der Waals surface area contributed by atoms with Crippen LogP contribution in [0, 0.1) is 5.92 Å². The van der Waals surface area contributed by atoms with E-state index in [1.165, 1.54) is 4.90 Å². The summed E-state index contributed by atoms with van der Waals surface area (Å²) in [4.78, 5) is 13.8. The average Bonchev–Trinajstić information content (AvgIpc) is 3.11. The van der Waals surface area contributed by atoms with E-state index in [0.717, 1.165) is 39.1 Å². The van der Waals surface area contributed by atoms with Crippen LogP contribution >= 0.6 is 11.8 Å². The van der Waals surface area contributed by atoms with Crippen LogP contribution in [0.15, 0.2) is 138 Å². The summed E-state index contributed by atoms with van der Waals surface area (Å²) >= 11 is 1.79. The van der Waals surface area contributed by atoms with Gasteiger partial charge in [-0.3, -0.25) is 4.79 Å². The molecule has 45 heavy (non-hydrogen) atoms. The molecule has 1 amide bonds. The Morgan fingerprint density at radius 1 is 0.733 bits per heavy atom. The highest BCUT2D eigenvalue weighted by molar-refractivity contribution is 7.99. The van der Waals surface area contributed by atoms with Gasteiger partial charge in [0.2, 0.25) is 0 Å². The fraction of sp³-hybridized carbons (Fsp3) is 0.205. The van der Waals surface area contributed by atoms with Gasteiger partial charge in [-0.15, -0.1) is 11.8 Å². The van der Waals surface area contributed by atoms with Crippen molar-refractivity contribution in [3.8, 4) is 11.1 Å². The minimum Gasteiger partial charge on any atom is -0.392 e. The van der Waals surface area contributed by atoms with Crippen molar-refractivity contribution in [2.24, 2.45) is 5.92 Å². The predicted octanol–water partition coefficient (Wildman–Crippen LogP) is 8.36. The smallest absolute Gasteiger partial charge is 0.251 e. The molecule has 6 rings (SSSR count). The summed E-state index contributed by atoms with van der Waals surface area (Å²) in [5, 5.41) is 12.6. The largest absolute Gasteiger partial charge is 0.392 e. The molecular formula is C39H37NO4S. The molecule has 1 aliphatic rings. The summed E-state index contributed by atoms with van der Waals surface area (Å²) < 4.78 is 13.4. The maximum Gasteiger partial charge on any atom is 0.251 e. The van der Waals surface area contributed by atoms with Gasteiger partial charge in [-0.2, -0.15) is 0 Å². The zero-order valence-corrected chi connectivity index (χ0v) is 26.0. The maximum absolute atomic E-state index is 12.6. The standard InChI is InChI=1S/C39H37NO4S/c1-27-36(26-45-35-16-6-3-7-17-35)43-39(44-37(27)30-20-18-28(25-41)19-21-30)34-15-9-14-33(23-34)32-13-8-10-29(22-32)24-40-38(42)31-11-4-2-5-12-31/h2-23,27,36-37,39,41H,24-26H2,1H3,(H,40,42)/t27-,36+,37+,39+/m0/s1. The summed E-state index contributed by atoms with van der Waals surface area (Å²) in [5.74, 6) is 0.819. The molecule has 5 nitrogen and oxygen atoms in total. The highest BCUT2D eigenvalue weighted by atomic mass is 32.2. The molecule has 5 aromatic rings. The molecule has 2 N–H and O–H groups in total. The second kappa shape index (κ2) is 14.7. The number of nitrogens with one attached hydrogen (secondary N) is 1. The predicted molar refractivity (Wildman–Crippen MR) is 180 cm³/mol. The molecule has 1 fully saturated rings. The second-order valence-corrected chi connectivity index (χ2v) is 12.4.